The van der Waals surface area contributed by atoms with E-state index in [9.17, 15) is 0 Å². The molecule has 0 amide bonds. The number of fused-ring (bicyclic) bond motifs is 1. The Labute approximate surface area is 145 Å². The third kappa shape index (κ3) is 3.49. The van der Waals surface area contributed by atoms with E-state index in [-0.39, 0.29) is 0 Å². The Balaban J connectivity index is 2.12. The first kappa shape index (κ1) is 15.9. The van der Waals surface area contributed by atoms with E-state index in [1.807, 2.05) is 31.2 Å². The molecule has 0 radical (unpaired) electrons. The van der Waals surface area contributed by atoms with Crippen molar-refractivity contribution in [1.82, 2.24) is 0 Å². The second kappa shape index (κ2) is 7.03. The molecule has 0 aliphatic heterocycles. The molecule has 0 saturated heterocycles. The highest BCUT2D eigenvalue weighted by molar-refractivity contribution is 6.35. The first-order valence-corrected chi connectivity index (χ1v) is 8.08. The molecule has 0 spiro atoms. The highest BCUT2D eigenvalue weighted by Gasteiger charge is 2.07. The van der Waals surface area contributed by atoms with Crippen LogP contribution in [-0.4, -0.2) is 12.8 Å². The van der Waals surface area contributed by atoms with Crippen molar-refractivity contribution >= 4 is 45.9 Å². The van der Waals surface area contributed by atoms with Gasteiger partial charge in [-0.2, -0.15) is 0 Å². The Hall–Kier alpha value is -2.03. The minimum absolute atomic E-state index is 0.559. The second-order valence-corrected chi connectivity index (χ2v) is 5.83. The van der Waals surface area contributed by atoms with Gasteiger partial charge in [0, 0.05) is 16.8 Å². The standard InChI is InChI=1S/C19H15Cl2NO/c1-2-23-19-10-7-13-5-3-4-6-15(13)16(19)12-22-18-11-14(20)8-9-17(18)21/h3-12H,2H2,1H3. The van der Waals surface area contributed by atoms with Gasteiger partial charge >= 0.3 is 0 Å². The van der Waals surface area contributed by atoms with Gasteiger partial charge in [0.2, 0.25) is 0 Å². The lowest BCUT2D eigenvalue weighted by Crippen LogP contribution is -1.97. The second-order valence-electron chi connectivity index (χ2n) is 4.99. The fourth-order valence-electron chi connectivity index (χ4n) is 2.41. The van der Waals surface area contributed by atoms with Crippen molar-refractivity contribution in [2.75, 3.05) is 6.61 Å². The van der Waals surface area contributed by atoms with Crippen LogP contribution in [0.4, 0.5) is 5.69 Å². The maximum Gasteiger partial charge on any atom is 0.128 e. The van der Waals surface area contributed by atoms with Crippen LogP contribution in [-0.2, 0) is 0 Å². The van der Waals surface area contributed by atoms with Gasteiger partial charge in [-0.25, -0.2) is 0 Å². The number of nitrogens with zero attached hydrogens (tertiary/aromatic N) is 1. The average Bonchev–Trinajstić information content (AvgIpc) is 2.57. The van der Waals surface area contributed by atoms with Crippen molar-refractivity contribution in [2.45, 2.75) is 6.92 Å². The highest BCUT2D eigenvalue weighted by atomic mass is 35.5. The van der Waals surface area contributed by atoms with Crippen LogP contribution in [0.3, 0.4) is 0 Å². The molecule has 4 heteroatoms. The van der Waals surface area contributed by atoms with Crippen LogP contribution in [0.15, 0.2) is 59.6 Å². The van der Waals surface area contributed by atoms with Gasteiger partial charge in [0.05, 0.1) is 17.3 Å². The number of hydrogen-bond acceptors (Lipinski definition) is 2. The molecule has 0 aliphatic carbocycles. The number of aliphatic imine (C=N–C) groups is 1. The lowest BCUT2D eigenvalue weighted by Gasteiger charge is -2.10. The first-order chi connectivity index (χ1) is 11.2. The van der Waals surface area contributed by atoms with E-state index in [1.54, 1.807) is 24.4 Å². The summed E-state index contributed by atoms with van der Waals surface area (Å²) < 4.78 is 5.74. The zero-order valence-electron chi connectivity index (χ0n) is 12.6. The maximum absolute atomic E-state index is 6.18. The predicted molar refractivity (Wildman–Crippen MR) is 98.8 cm³/mol. The molecule has 0 unspecified atom stereocenters. The van der Waals surface area contributed by atoms with Crippen molar-refractivity contribution in [3.05, 3.63) is 70.2 Å². The molecule has 3 aromatic carbocycles. The van der Waals surface area contributed by atoms with Crippen LogP contribution in [0, 0.1) is 0 Å². The summed E-state index contributed by atoms with van der Waals surface area (Å²) in [4.78, 5) is 4.51. The van der Waals surface area contributed by atoms with Crippen molar-refractivity contribution < 1.29 is 4.74 Å². The SMILES string of the molecule is CCOc1ccc2ccccc2c1C=Nc1cc(Cl)ccc1Cl. The number of rotatable bonds is 4. The van der Waals surface area contributed by atoms with Gasteiger partial charge in [-0.15, -0.1) is 0 Å². The van der Waals surface area contributed by atoms with E-state index < -0.39 is 0 Å². The fraction of sp³-hybridized carbons (Fsp3) is 0.105. The summed E-state index contributed by atoms with van der Waals surface area (Å²) in [5.74, 6) is 0.799. The van der Waals surface area contributed by atoms with E-state index >= 15 is 0 Å². The van der Waals surface area contributed by atoms with E-state index in [1.165, 1.54) is 0 Å². The van der Waals surface area contributed by atoms with Gasteiger partial charge < -0.3 is 4.74 Å². The Kier molecular flexibility index (Phi) is 4.85. The van der Waals surface area contributed by atoms with E-state index in [2.05, 4.69) is 17.1 Å². The smallest absolute Gasteiger partial charge is 0.128 e. The van der Waals surface area contributed by atoms with E-state index in [0.717, 1.165) is 22.1 Å². The van der Waals surface area contributed by atoms with Gasteiger partial charge in [0.15, 0.2) is 0 Å². The molecule has 0 N–H and O–H groups in total. The molecular weight excluding hydrogens is 329 g/mol. The molecule has 0 saturated carbocycles. The van der Waals surface area contributed by atoms with Crippen LogP contribution < -0.4 is 4.74 Å². The summed E-state index contributed by atoms with van der Waals surface area (Å²) in [7, 11) is 0. The van der Waals surface area contributed by atoms with Crippen LogP contribution in [0.2, 0.25) is 10.0 Å². The minimum atomic E-state index is 0.559. The molecule has 0 atom stereocenters. The molecular formula is C19H15Cl2NO. The Morgan fingerprint density at radius 1 is 1.04 bits per heavy atom. The van der Waals surface area contributed by atoms with E-state index in [0.29, 0.717) is 22.3 Å². The number of hydrogen-bond donors (Lipinski definition) is 0. The molecule has 0 aromatic heterocycles. The van der Waals surface area contributed by atoms with Gasteiger partial charge in [-0.3, -0.25) is 4.99 Å². The zero-order chi connectivity index (χ0) is 16.2. The molecule has 0 aliphatic rings. The summed E-state index contributed by atoms with van der Waals surface area (Å²) in [5.41, 5.74) is 1.57. The fourth-order valence-corrected chi connectivity index (χ4v) is 2.74. The highest BCUT2D eigenvalue weighted by Crippen LogP contribution is 2.30. The van der Waals surface area contributed by atoms with Gasteiger partial charge in [-0.1, -0.05) is 53.5 Å². The summed E-state index contributed by atoms with van der Waals surface area (Å²) in [6, 6.07) is 17.4. The largest absolute Gasteiger partial charge is 0.493 e. The summed E-state index contributed by atoms with van der Waals surface area (Å²) >= 11 is 12.2. The topological polar surface area (TPSA) is 21.6 Å². The number of halogens is 2. The summed E-state index contributed by atoms with van der Waals surface area (Å²) in [6.45, 7) is 2.56. The molecule has 0 fully saturated rings. The van der Waals surface area contributed by atoms with Gasteiger partial charge in [-0.05, 0) is 42.0 Å². The van der Waals surface area contributed by atoms with Crippen LogP contribution in [0.5, 0.6) is 5.75 Å². The molecule has 23 heavy (non-hydrogen) atoms. The number of ether oxygens (including phenoxy) is 1. The third-order valence-electron chi connectivity index (χ3n) is 3.47. The van der Waals surface area contributed by atoms with Crippen LogP contribution in [0.1, 0.15) is 12.5 Å². The molecule has 3 rings (SSSR count). The number of benzene rings is 3. The molecule has 0 heterocycles. The predicted octanol–water partition coefficient (Wildman–Crippen LogP) is 6.30. The van der Waals surface area contributed by atoms with Crippen molar-refractivity contribution in [3.8, 4) is 5.75 Å². The Morgan fingerprint density at radius 2 is 1.87 bits per heavy atom. The molecule has 2 nitrogen and oxygen atoms in total. The van der Waals surface area contributed by atoms with Crippen molar-refractivity contribution in [2.24, 2.45) is 4.99 Å². The van der Waals surface area contributed by atoms with Crippen LogP contribution >= 0.6 is 23.2 Å². The van der Waals surface area contributed by atoms with Gasteiger partial charge in [0.1, 0.15) is 5.75 Å². The lowest BCUT2D eigenvalue weighted by molar-refractivity contribution is 0.340. The van der Waals surface area contributed by atoms with Crippen LogP contribution in [0.25, 0.3) is 10.8 Å². The normalized spacial score (nSPS) is 11.3. The average molecular weight is 344 g/mol. The first-order valence-electron chi connectivity index (χ1n) is 7.32. The summed E-state index contributed by atoms with van der Waals surface area (Å²) in [5, 5.41) is 3.38. The zero-order valence-corrected chi connectivity index (χ0v) is 14.1. The van der Waals surface area contributed by atoms with Crippen molar-refractivity contribution in [3.63, 3.8) is 0 Å². The minimum Gasteiger partial charge on any atom is -0.493 e. The Bertz CT molecular complexity index is 874. The van der Waals surface area contributed by atoms with Gasteiger partial charge in [0.25, 0.3) is 0 Å². The van der Waals surface area contributed by atoms with E-state index in [4.69, 9.17) is 27.9 Å². The molecule has 116 valence electrons. The molecule has 3 aromatic rings. The Morgan fingerprint density at radius 3 is 2.70 bits per heavy atom. The summed E-state index contributed by atoms with van der Waals surface area (Å²) in [6.07, 6.45) is 1.78. The monoisotopic (exact) mass is 343 g/mol. The quantitative estimate of drug-likeness (QED) is 0.509. The lowest BCUT2D eigenvalue weighted by atomic mass is 10.0. The third-order valence-corrected chi connectivity index (χ3v) is 4.03. The molecule has 0 bridgehead atoms. The van der Waals surface area contributed by atoms with Crippen molar-refractivity contribution in [1.29, 1.82) is 0 Å². The maximum atomic E-state index is 6.18.